The number of anilines is 1. The van der Waals surface area contributed by atoms with Crippen LogP contribution in [0.25, 0.3) is 21.3 Å². The summed E-state index contributed by atoms with van der Waals surface area (Å²) in [4.78, 5) is 20.8. The first-order chi connectivity index (χ1) is 14.6. The largest absolute Gasteiger partial charge is 0.478 e. The molecule has 2 aromatic heterocycles. The molecule has 0 aliphatic rings. The number of fused-ring (bicyclic) bond motifs is 1. The first-order valence-corrected chi connectivity index (χ1v) is 11.6. The highest BCUT2D eigenvalue weighted by molar-refractivity contribution is 7.98. The summed E-state index contributed by atoms with van der Waals surface area (Å²) in [6.07, 6.45) is 4.30. The van der Waals surface area contributed by atoms with Crippen molar-refractivity contribution in [2.45, 2.75) is 18.2 Å². The van der Waals surface area contributed by atoms with Gasteiger partial charge in [0, 0.05) is 27.8 Å². The van der Waals surface area contributed by atoms with Crippen molar-refractivity contribution in [3.05, 3.63) is 70.9 Å². The summed E-state index contributed by atoms with van der Waals surface area (Å²) in [6, 6.07) is 13.7. The fourth-order valence-electron chi connectivity index (χ4n) is 3.47. The first kappa shape index (κ1) is 20.4. The minimum Gasteiger partial charge on any atom is -0.478 e. The van der Waals surface area contributed by atoms with E-state index in [1.165, 1.54) is 39.3 Å². The van der Waals surface area contributed by atoms with Crippen molar-refractivity contribution in [3.63, 3.8) is 0 Å². The van der Waals surface area contributed by atoms with Gasteiger partial charge in [0.2, 0.25) is 0 Å². The van der Waals surface area contributed by atoms with E-state index >= 15 is 0 Å². The quantitative estimate of drug-likeness (QED) is 0.361. The molecule has 0 aliphatic carbocycles. The average Bonchev–Trinajstić information content (AvgIpc) is 3.25. The van der Waals surface area contributed by atoms with Gasteiger partial charge in [0.15, 0.2) is 0 Å². The number of nitrogens with zero attached hydrogens (tertiary/aromatic N) is 2. The van der Waals surface area contributed by atoms with Gasteiger partial charge in [0.05, 0.1) is 11.3 Å². The molecule has 4 rings (SSSR count). The number of thioether (sulfide) groups is 1. The number of aromatic carboxylic acids is 1. The topological polar surface area (TPSA) is 75.1 Å². The SMILES string of the molecule is CSc1cc(-c2cc(NCCc3ccc4sccc4c3C)ncn2)ccc1C(=O)O. The van der Waals surface area contributed by atoms with E-state index in [1.54, 1.807) is 23.5 Å². The number of hydrogen-bond donors (Lipinski definition) is 2. The van der Waals surface area contributed by atoms with Crippen molar-refractivity contribution < 1.29 is 9.90 Å². The van der Waals surface area contributed by atoms with E-state index in [-0.39, 0.29) is 0 Å². The molecule has 152 valence electrons. The predicted molar refractivity (Wildman–Crippen MR) is 125 cm³/mol. The first-order valence-electron chi connectivity index (χ1n) is 9.50. The number of aryl methyl sites for hydroxylation is 1. The molecule has 0 radical (unpaired) electrons. The molecule has 30 heavy (non-hydrogen) atoms. The number of aromatic nitrogens is 2. The molecule has 0 atom stereocenters. The Labute approximate surface area is 183 Å². The molecule has 0 bridgehead atoms. The normalized spacial score (nSPS) is 11.0. The number of thiophene rings is 1. The summed E-state index contributed by atoms with van der Waals surface area (Å²) in [5.41, 5.74) is 4.60. The lowest BCUT2D eigenvalue weighted by molar-refractivity contribution is 0.0693. The Morgan fingerprint density at radius 2 is 2.03 bits per heavy atom. The van der Waals surface area contributed by atoms with Gasteiger partial charge >= 0.3 is 5.97 Å². The van der Waals surface area contributed by atoms with Crippen molar-refractivity contribution in [2.75, 3.05) is 18.1 Å². The predicted octanol–water partition coefficient (Wildman–Crippen LogP) is 5.74. The summed E-state index contributed by atoms with van der Waals surface area (Å²) in [5, 5.41) is 16.2. The molecule has 2 heterocycles. The van der Waals surface area contributed by atoms with Gasteiger partial charge in [-0.3, -0.25) is 0 Å². The van der Waals surface area contributed by atoms with Crippen molar-refractivity contribution >= 4 is 45.0 Å². The maximum atomic E-state index is 11.4. The lowest BCUT2D eigenvalue weighted by atomic mass is 10.0. The monoisotopic (exact) mass is 435 g/mol. The number of benzene rings is 2. The van der Waals surface area contributed by atoms with Crippen LogP contribution in [0.1, 0.15) is 21.5 Å². The zero-order valence-corrected chi connectivity index (χ0v) is 18.3. The third-order valence-corrected chi connectivity index (χ3v) is 6.77. The van der Waals surface area contributed by atoms with E-state index in [9.17, 15) is 9.90 Å². The third-order valence-electron chi connectivity index (χ3n) is 5.11. The highest BCUT2D eigenvalue weighted by Crippen LogP contribution is 2.28. The zero-order valence-electron chi connectivity index (χ0n) is 16.7. The summed E-state index contributed by atoms with van der Waals surface area (Å²) in [6.45, 7) is 2.94. The van der Waals surface area contributed by atoms with Crippen molar-refractivity contribution in [1.29, 1.82) is 0 Å². The number of carboxylic acids is 1. The third kappa shape index (κ3) is 4.17. The highest BCUT2D eigenvalue weighted by atomic mass is 32.2. The Kier molecular flexibility index (Phi) is 6.01. The summed E-state index contributed by atoms with van der Waals surface area (Å²) >= 11 is 3.18. The van der Waals surface area contributed by atoms with Crippen molar-refractivity contribution in [3.8, 4) is 11.3 Å². The van der Waals surface area contributed by atoms with Crippen LogP contribution >= 0.6 is 23.1 Å². The maximum absolute atomic E-state index is 11.4. The Morgan fingerprint density at radius 3 is 2.83 bits per heavy atom. The van der Waals surface area contributed by atoms with E-state index in [0.29, 0.717) is 10.5 Å². The number of nitrogens with one attached hydrogen (secondary N) is 1. The second kappa shape index (κ2) is 8.85. The van der Waals surface area contributed by atoms with Crippen LogP contribution in [0.5, 0.6) is 0 Å². The summed E-state index contributed by atoms with van der Waals surface area (Å²) in [7, 11) is 0. The Bertz CT molecular complexity index is 1220. The number of carbonyl (C=O) groups is 1. The average molecular weight is 436 g/mol. The van der Waals surface area contributed by atoms with E-state index < -0.39 is 5.97 Å². The van der Waals surface area contributed by atoms with Gasteiger partial charge in [-0.25, -0.2) is 14.8 Å². The molecule has 4 aromatic rings. The molecule has 2 N–H and O–H groups in total. The molecule has 0 unspecified atom stereocenters. The van der Waals surface area contributed by atoms with E-state index in [4.69, 9.17) is 0 Å². The highest BCUT2D eigenvalue weighted by Gasteiger charge is 2.12. The number of carboxylic acid groups (broad SMARTS) is 1. The van der Waals surface area contributed by atoms with Gasteiger partial charge in [0.1, 0.15) is 12.1 Å². The summed E-state index contributed by atoms with van der Waals surface area (Å²) in [5.74, 6) is -0.172. The van der Waals surface area contributed by atoms with Gasteiger partial charge in [-0.2, -0.15) is 0 Å². The van der Waals surface area contributed by atoms with Crippen LogP contribution in [0.15, 0.2) is 59.1 Å². The van der Waals surface area contributed by atoms with Crippen LogP contribution in [-0.4, -0.2) is 33.8 Å². The summed E-state index contributed by atoms with van der Waals surface area (Å²) < 4.78 is 1.32. The number of rotatable bonds is 7. The van der Waals surface area contributed by atoms with Gasteiger partial charge in [0.25, 0.3) is 0 Å². The van der Waals surface area contributed by atoms with Crippen LogP contribution in [0, 0.1) is 6.92 Å². The zero-order chi connectivity index (χ0) is 21.1. The molecule has 0 aliphatic heterocycles. The van der Waals surface area contributed by atoms with Crippen molar-refractivity contribution in [2.24, 2.45) is 0 Å². The van der Waals surface area contributed by atoms with Gasteiger partial charge < -0.3 is 10.4 Å². The molecule has 0 amide bonds. The van der Waals surface area contributed by atoms with Gasteiger partial charge in [-0.15, -0.1) is 23.1 Å². The molecule has 0 spiro atoms. The Hall–Kier alpha value is -2.90. The minimum absolute atomic E-state index is 0.302. The maximum Gasteiger partial charge on any atom is 0.336 e. The van der Waals surface area contributed by atoms with Crippen LogP contribution in [0.4, 0.5) is 5.82 Å². The van der Waals surface area contributed by atoms with Crippen LogP contribution < -0.4 is 5.32 Å². The molecule has 0 fully saturated rings. The number of hydrogen-bond acceptors (Lipinski definition) is 6. The molecular formula is C23H21N3O2S2. The lowest BCUT2D eigenvalue weighted by Gasteiger charge is -2.10. The molecule has 0 saturated carbocycles. The van der Waals surface area contributed by atoms with E-state index in [0.717, 1.165) is 30.0 Å². The van der Waals surface area contributed by atoms with Gasteiger partial charge in [-0.05, 0) is 65.8 Å². The van der Waals surface area contributed by atoms with Crippen molar-refractivity contribution in [1.82, 2.24) is 9.97 Å². The molecule has 7 heteroatoms. The second-order valence-electron chi connectivity index (χ2n) is 6.87. The molecule has 0 saturated heterocycles. The smallest absolute Gasteiger partial charge is 0.336 e. The Morgan fingerprint density at radius 1 is 1.17 bits per heavy atom. The second-order valence-corrected chi connectivity index (χ2v) is 8.66. The molecule has 2 aromatic carbocycles. The fourth-order valence-corrected chi connectivity index (χ4v) is 4.93. The van der Waals surface area contributed by atoms with Crippen LogP contribution in [-0.2, 0) is 6.42 Å². The Balaban J connectivity index is 1.48. The molecule has 5 nitrogen and oxygen atoms in total. The van der Waals surface area contributed by atoms with E-state index in [1.807, 2.05) is 18.4 Å². The standard InChI is InChI=1S/C23H21N3O2S2/c1-14-15(4-6-20-17(14)8-10-30-20)7-9-24-22-12-19(25-13-26-22)16-3-5-18(23(27)28)21(11-16)29-2/h3-6,8,10-13H,7,9H2,1-2H3,(H,27,28)(H,24,25,26). The van der Waals surface area contributed by atoms with Crippen LogP contribution in [0.2, 0.25) is 0 Å². The van der Waals surface area contributed by atoms with E-state index in [2.05, 4.69) is 45.8 Å². The lowest BCUT2D eigenvalue weighted by Crippen LogP contribution is -2.07. The van der Waals surface area contributed by atoms with Crippen LogP contribution in [0.3, 0.4) is 0 Å². The molecular weight excluding hydrogens is 414 g/mol. The minimum atomic E-state index is -0.924. The fraction of sp³-hybridized carbons (Fsp3) is 0.174. The van der Waals surface area contributed by atoms with Gasteiger partial charge in [-0.1, -0.05) is 12.1 Å².